The van der Waals surface area contributed by atoms with Gasteiger partial charge in [-0.05, 0) is 30.0 Å². The van der Waals surface area contributed by atoms with Gasteiger partial charge in [0.05, 0.1) is 6.61 Å². The second-order valence-corrected chi connectivity index (χ2v) is 6.90. The van der Waals surface area contributed by atoms with Crippen LogP contribution >= 0.6 is 0 Å². The molecule has 0 radical (unpaired) electrons. The predicted molar refractivity (Wildman–Crippen MR) is 79.8 cm³/mol. The van der Waals surface area contributed by atoms with Crippen LogP contribution in [0.2, 0.25) is 0 Å². The minimum absolute atomic E-state index is 0.110. The monoisotopic (exact) mass is 318 g/mol. The van der Waals surface area contributed by atoms with E-state index < -0.39 is 15.8 Å². The predicted octanol–water partition coefficient (Wildman–Crippen LogP) is 1.63. The van der Waals surface area contributed by atoms with Crippen molar-refractivity contribution in [3.05, 3.63) is 29.6 Å². The Kier molecular flexibility index (Phi) is 7.24. The molecule has 3 N–H and O–H groups in total. The molecule has 21 heavy (non-hydrogen) atoms. The molecule has 0 aliphatic carbocycles. The van der Waals surface area contributed by atoms with Crippen LogP contribution in [-0.4, -0.2) is 28.2 Å². The van der Waals surface area contributed by atoms with Gasteiger partial charge in [-0.1, -0.05) is 19.9 Å². The summed E-state index contributed by atoms with van der Waals surface area (Å²) in [4.78, 5) is -0.373. The van der Waals surface area contributed by atoms with Crippen molar-refractivity contribution >= 4 is 10.0 Å². The first-order chi connectivity index (χ1) is 9.86. The lowest BCUT2D eigenvalue weighted by Crippen LogP contribution is -2.28. The molecule has 7 heteroatoms. The fraction of sp³-hybridized carbons (Fsp3) is 0.571. The van der Waals surface area contributed by atoms with Gasteiger partial charge in [-0.25, -0.2) is 17.5 Å². The fourth-order valence-corrected chi connectivity index (χ4v) is 2.71. The number of ether oxygens (including phenoxy) is 1. The van der Waals surface area contributed by atoms with Crippen molar-refractivity contribution in [3.63, 3.8) is 0 Å². The van der Waals surface area contributed by atoms with Gasteiger partial charge in [0.15, 0.2) is 0 Å². The Morgan fingerprint density at radius 2 is 2.05 bits per heavy atom. The van der Waals surface area contributed by atoms with Crippen LogP contribution in [0.15, 0.2) is 23.1 Å². The van der Waals surface area contributed by atoms with Crippen molar-refractivity contribution in [3.8, 4) is 0 Å². The van der Waals surface area contributed by atoms with Crippen molar-refractivity contribution in [2.24, 2.45) is 11.7 Å². The molecule has 0 aliphatic heterocycles. The van der Waals surface area contributed by atoms with Gasteiger partial charge in [-0.3, -0.25) is 0 Å². The minimum atomic E-state index is -3.87. The summed E-state index contributed by atoms with van der Waals surface area (Å²) < 4.78 is 45.3. The Bertz CT molecular complexity index is 547. The second-order valence-electron chi connectivity index (χ2n) is 5.16. The summed E-state index contributed by atoms with van der Waals surface area (Å²) in [6.07, 6.45) is 0.919. The third kappa shape index (κ3) is 6.09. The van der Waals surface area contributed by atoms with Crippen LogP contribution in [0.4, 0.5) is 4.39 Å². The summed E-state index contributed by atoms with van der Waals surface area (Å²) >= 11 is 0. The Morgan fingerprint density at radius 1 is 1.33 bits per heavy atom. The van der Waals surface area contributed by atoms with E-state index in [9.17, 15) is 12.8 Å². The van der Waals surface area contributed by atoms with Crippen LogP contribution < -0.4 is 10.5 Å². The van der Waals surface area contributed by atoms with Crippen molar-refractivity contribution in [1.82, 2.24) is 4.72 Å². The van der Waals surface area contributed by atoms with Crippen LogP contribution in [0.5, 0.6) is 0 Å². The molecule has 0 saturated carbocycles. The smallest absolute Gasteiger partial charge is 0.243 e. The Hall–Kier alpha value is -1.02. The normalized spacial score (nSPS) is 12.0. The highest BCUT2D eigenvalue weighted by molar-refractivity contribution is 7.89. The number of hydrogen-bond acceptors (Lipinski definition) is 4. The molecule has 0 saturated heterocycles. The molecule has 0 fully saturated rings. The number of hydrogen-bond donors (Lipinski definition) is 2. The SMILES string of the molecule is CC(C)CCOCCNS(=O)(=O)c1ccc(CN)cc1F. The van der Waals surface area contributed by atoms with Crippen molar-refractivity contribution in [1.29, 1.82) is 0 Å². The van der Waals surface area contributed by atoms with Crippen LogP contribution in [0.1, 0.15) is 25.8 Å². The first-order valence-corrected chi connectivity index (χ1v) is 8.41. The average Bonchev–Trinajstić information content (AvgIpc) is 2.41. The average molecular weight is 318 g/mol. The summed E-state index contributed by atoms with van der Waals surface area (Å²) in [6.45, 7) is 5.28. The van der Waals surface area contributed by atoms with E-state index >= 15 is 0 Å². The van der Waals surface area contributed by atoms with Crippen LogP contribution in [-0.2, 0) is 21.3 Å². The molecule has 0 bridgehead atoms. The zero-order valence-electron chi connectivity index (χ0n) is 12.4. The van der Waals surface area contributed by atoms with Gasteiger partial charge in [-0.15, -0.1) is 0 Å². The summed E-state index contributed by atoms with van der Waals surface area (Å²) in [5.74, 6) is -0.261. The van der Waals surface area contributed by atoms with E-state index in [0.29, 0.717) is 18.1 Å². The largest absolute Gasteiger partial charge is 0.380 e. The zero-order chi connectivity index (χ0) is 15.9. The molecule has 0 atom stereocenters. The summed E-state index contributed by atoms with van der Waals surface area (Å²) in [5.41, 5.74) is 5.92. The van der Waals surface area contributed by atoms with E-state index in [-0.39, 0.29) is 24.6 Å². The van der Waals surface area contributed by atoms with E-state index in [1.165, 1.54) is 12.1 Å². The van der Waals surface area contributed by atoms with Gasteiger partial charge in [0.2, 0.25) is 10.0 Å². The topological polar surface area (TPSA) is 81.4 Å². The number of benzene rings is 1. The number of nitrogens with two attached hydrogens (primary N) is 1. The van der Waals surface area contributed by atoms with E-state index in [4.69, 9.17) is 10.5 Å². The molecule has 1 rings (SSSR count). The third-order valence-corrected chi connectivity index (χ3v) is 4.39. The first-order valence-electron chi connectivity index (χ1n) is 6.92. The number of nitrogens with one attached hydrogen (secondary N) is 1. The Morgan fingerprint density at radius 3 is 2.62 bits per heavy atom. The van der Waals surface area contributed by atoms with Gasteiger partial charge in [0.25, 0.3) is 0 Å². The number of sulfonamides is 1. The van der Waals surface area contributed by atoms with Gasteiger partial charge in [-0.2, -0.15) is 0 Å². The Balaban J connectivity index is 2.50. The molecule has 0 heterocycles. The molecular formula is C14H23FN2O3S. The van der Waals surface area contributed by atoms with Crippen molar-refractivity contribution in [2.45, 2.75) is 31.7 Å². The maximum absolute atomic E-state index is 13.7. The lowest BCUT2D eigenvalue weighted by atomic mass is 10.1. The first kappa shape index (κ1) is 18.0. The maximum atomic E-state index is 13.7. The van der Waals surface area contributed by atoms with Crippen LogP contribution in [0, 0.1) is 11.7 Å². The van der Waals surface area contributed by atoms with Crippen molar-refractivity contribution < 1.29 is 17.5 Å². The van der Waals surface area contributed by atoms with Crippen molar-refractivity contribution in [2.75, 3.05) is 19.8 Å². The molecule has 5 nitrogen and oxygen atoms in total. The molecule has 1 aromatic carbocycles. The highest BCUT2D eigenvalue weighted by Crippen LogP contribution is 2.15. The third-order valence-electron chi connectivity index (χ3n) is 2.90. The van der Waals surface area contributed by atoms with Gasteiger partial charge in [0, 0.05) is 19.7 Å². The van der Waals surface area contributed by atoms with E-state index in [0.717, 1.165) is 12.5 Å². The highest BCUT2D eigenvalue weighted by atomic mass is 32.2. The van der Waals surface area contributed by atoms with Crippen LogP contribution in [0.3, 0.4) is 0 Å². The molecule has 0 amide bonds. The number of halogens is 1. The fourth-order valence-electron chi connectivity index (χ4n) is 1.64. The van der Waals surface area contributed by atoms with Gasteiger partial charge < -0.3 is 10.5 Å². The minimum Gasteiger partial charge on any atom is -0.380 e. The second kappa shape index (κ2) is 8.43. The van der Waals surface area contributed by atoms with Gasteiger partial charge in [0.1, 0.15) is 10.7 Å². The van der Waals surface area contributed by atoms with Gasteiger partial charge >= 0.3 is 0 Å². The quantitative estimate of drug-likeness (QED) is 0.678. The summed E-state index contributed by atoms with van der Waals surface area (Å²) in [6, 6.07) is 3.85. The molecule has 0 aliphatic rings. The maximum Gasteiger partial charge on any atom is 0.243 e. The summed E-state index contributed by atoms with van der Waals surface area (Å²) in [5, 5.41) is 0. The summed E-state index contributed by atoms with van der Waals surface area (Å²) in [7, 11) is -3.87. The van der Waals surface area contributed by atoms with E-state index in [1.807, 2.05) is 0 Å². The lowest BCUT2D eigenvalue weighted by Gasteiger charge is -2.09. The zero-order valence-corrected chi connectivity index (χ0v) is 13.2. The molecule has 0 aromatic heterocycles. The number of rotatable bonds is 9. The molecule has 1 aromatic rings. The molecular weight excluding hydrogens is 295 g/mol. The lowest BCUT2D eigenvalue weighted by molar-refractivity contribution is 0.128. The molecule has 120 valence electrons. The van der Waals surface area contributed by atoms with E-state index in [1.54, 1.807) is 0 Å². The Labute approximate surface area is 125 Å². The standard InChI is InChI=1S/C14H23FN2O3S/c1-11(2)5-7-20-8-6-17-21(18,19)14-4-3-12(10-16)9-13(14)15/h3-4,9,11,17H,5-8,10,16H2,1-2H3. The van der Waals surface area contributed by atoms with E-state index in [2.05, 4.69) is 18.6 Å². The molecule has 0 spiro atoms. The highest BCUT2D eigenvalue weighted by Gasteiger charge is 2.18. The molecule has 0 unspecified atom stereocenters. The van der Waals surface area contributed by atoms with Crippen LogP contribution in [0.25, 0.3) is 0 Å².